The number of halogens is 1. The second-order valence-electron chi connectivity index (χ2n) is 5.90. The van der Waals surface area contributed by atoms with Crippen LogP contribution in [0.5, 0.6) is 0 Å². The van der Waals surface area contributed by atoms with Crippen LogP contribution in [-0.4, -0.2) is 11.9 Å². The zero-order valence-corrected chi connectivity index (χ0v) is 11.9. The number of benzene rings is 1. The molecule has 0 bridgehead atoms. The van der Waals surface area contributed by atoms with Gasteiger partial charge in [-0.25, -0.2) is 0 Å². The van der Waals surface area contributed by atoms with E-state index in [1.165, 1.54) is 12.8 Å². The molecule has 3 rings (SSSR count). The molecule has 0 aromatic heterocycles. The van der Waals surface area contributed by atoms with Gasteiger partial charge in [-0.1, -0.05) is 43.0 Å². The summed E-state index contributed by atoms with van der Waals surface area (Å²) >= 11 is 5.94. The Labute approximate surface area is 119 Å². The highest BCUT2D eigenvalue weighted by molar-refractivity contribution is 6.30. The minimum Gasteiger partial charge on any atom is -0.353 e. The maximum atomic E-state index is 12.6. The van der Waals surface area contributed by atoms with E-state index in [4.69, 9.17) is 11.6 Å². The van der Waals surface area contributed by atoms with Crippen LogP contribution in [0.15, 0.2) is 24.3 Å². The quantitative estimate of drug-likeness (QED) is 0.894. The van der Waals surface area contributed by atoms with Crippen molar-refractivity contribution < 1.29 is 4.79 Å². The van der Waals surface area contributed by atoms with Crippen LogP contribution in [0.4, 0.5) is 0 Å². The topological polar surface area (TPSA) is 29.1 Å². The second kappa shape index (κ2) is 5.16. The van der Waals surface area contributed by atoms with Gasteiger partial charge in [0.05, 0.1) is 5.41 Å². The summed E-state index contributed by atoms with van der Waals surface area (Å²) in [5.41, 5.74) is 0.839. The van der Waals surface area contributed by atoms with Gasteiger partial charge in [-0.2, -0.15) is 0 Å². The lowest BCUT2D eigenvalue weighted by Gasteiger charge is -2.41. The Kier molecular flexibility index (Phi) is 3.53. The number of amides is 1. The number of rotatable bonds is 3. The fourth-order valence-electron chi connectivity index (χ4n) is 3.34. The monoisotopic (exact) mass is 277 g/mol. The van der Waals surface area contributed by atoms with Crippen LogP contribution < -0.4 is 5.32 Å². The Morgan fingerprint density at radius 1 is 1.11 bits per heavy atom. The van der Waals surface area contributed by atoms with E-state index in [2.05, 4.69) is 5.32 Å². The van der Waals surface area contributed by atoms with E-state index in [1.807, 2.05) is 24.3 Å². The molecular formula is C16H20ClNO. The molecule has 0 unspecified atom stereocenters. The average Bonchev–Trinajstić information content (AvgIpc) is 2.83. The summed E-state index contributed by atoms with van der Waals surface area (Å²) in [5, 5.41) is 3.99. The largest absolute Gasteiger partial charge is 0.353 e. The predicted molar refractivity (Wildman–Crippen MR) is 77.4 cm³/mol. The molecule has 0 spiro atoms. The molecule has 0 saturated heterocycles. The Balaban J connectivity index is 1.78. The lowest BCUT2D eigenvalue weighted by Crippen LogP contribution is -2.51. The highest BCUT2D eigenvalue weighted by Crippen LogP contribution is 2.44. The van der Waals surface area contributed by atoms with E-state index < -0.39 is 0 Å². The Bertz CT molecular complexity index is 458. The predicted octanol–water partition coefficient (Wildman–Crippen LogP) is 3.82. The fraction of sp³-hybridized carbons (Fsp3) is 0.562. The normalized spacial score (nSPS) is 21.9. The van der Waals surface area contributed by atoms with Gasteiger partial charge in [0.15, 0.2) is 0 Å². The van der Waals surface area contributed by atoms with Gasteiger partial charge in [0.25, 0.3) is 0 Å². The van der Waals surface area contributed by atoms with E-state index in [0.29, 0.717) is 6.04 Å². The first-order valence-corrected chi connectivity index (χ1v) is 7.65. The van der Waals surface area contributed by atoms with Crippen LogP contribution in [0, 0.1) is 0 Å². The summed E-state index contributed by atoms with van der Waals surface area (Å²) < 4.78 is 0. The molecule has 0 heterocycles. The zero-order valence-electron chi connectivity index (χ0n) is 11.1. The number of hydrogen-bond donors (Lipinski definition) is 1. The van der Waals surface area contributed by atoms with Gasteiger partial charge in [0.1, 0.15) is 0 Å². The van der Waals surface area contributed by atoms with Crippen molar-refractivity contribution in [2.75, 3.05) is 0 Å². The summed E-state index contributed by atoms with van der Waals surface area (Å²) in [7, 11) is 0. The fourth-order valence-corrected chi connectivity index (χ4v) is 3.47. The number of carbonyl (C=O) groups excluding carboxylic acids is 1. The van der Waals surface area contributed by atoms with Crippen molar-refractivity contribution in [3.63, 3.8) is 0 Å². The summed E-state index contributed by atoms with van der Waals surface area (Å²) in [5.74, 6) is 0.230. The molecule has 19 heavy (non-hydrogen) atoms. The molecule has 3 heteroatoms. The third-order valence-corrected chi connectivity index (χ3v) is 4.98. The van der Waals surface area contributed by atoms with E-state index in [1.54, 1.807) is 0 Å². The second-order valence-corrected chi connectivity index (χ2v) is 6.33. The third-order valence-electron chi connectivity index (χ3n) is 4.73. The van der Waals surface area contributed by atoms with Crippen LogP contribution in [0.25, 0.3) is 0 Å². The molecule has 0 aliphatic heterocycles. The zero-order chi connectivity index (χ0) is 13.3. The molecule has 2 nitrogen and oxygen atoms in total. The molecule has 1 amide bonds. The molecule has 1 aromatic rings. The number of hydrogen-bond acceptors (Lipinski definition) is 1. The summed E-state index contributed by atoms with van der Waals surface area (Å²) in [6, 6.07) is 8.20. The van der Waals surface area contributed by atoms with E-state index in [9.17, 15) is 4.79 Å². The molecule has 2 aliphatic carbocycles. The molecule has 2 fully saturated rings. The van der Waals surface area contributed by atoms with Crippen molar-refractivity contribution in [2.45, 2.75) is 56.4 Å². The van der Waals surface area contributed by atoms with Gasteiger partial charge in [-0.15, -0.1) is 0 Å². The highest BCUT2D eigenvalue weighted by atomic mass is 35.5. The molecule has 0 atom stereocenters. The number of nitrogens with one attached hydrogen (secondary N) is 1. The van der Waals surface area contributed by atoms with Crippen LogP contribution in [-0.2, 0) is 10.2 Å². The SMILES string of the molecule is O=C(NC1CCCC1)C1(c2ccc(Cl)cc2)CCC1. The first-order valence-electron chi connectivity index (χ1n) is 7.28. The smallest absolute Gasteiger partial charge is 0.230 e. The molecule has 102 valence electrons. The van der Waals surface area contributed by atoms with Crippen molar-refractivity contribution >= 4 is 17.5 Å². The van der Waals surface area contributed by atoms with Gasteiger partial charge in [0.2, 0.25) is 5.91 Å². The third kappa shape index (κ3) is 2.38. The Hall–Kier alpha value is -1.02. The van der Waals surface area contributed by atoms with Crippen LogP contribution in [0.2, 0.25) is 5.02 Å². The van der Waals surface area contributed by atoms with Crippen molar-refractivity contribution in [2.24, 2.45) is 0 Å². The van der Waals surface area contributed by atoms with Gasteiger partial charge in [-0.3, -0.25) is 4.79 Å². The Morgan fingerprint density at radius 2 is 1.74 bits per heavy atom. The van der Waals surface area contributed by atoms with Crippen LogP contribution >= 0.6 is 11.6 Å². The first kappa shape index (κ1) is 13.0. The summed E-state index contributed by atoms with van der Waals surface area (Å²) in [6.45, 7) is 0. The average molecular weight is 278 g/mol. The summed E-state index contributed by atoms with van der Waals surface area (Å²) in [4.78, 5) is 12.6. The molecule has 2 saturated carbocycles. The molecule has 2 aliphatic rings. The van der Waals surface area contributed by atoms with E-state index >= 15 is 0 Å². The van der Waals surface area contributed by atoms with Gasteiger partial charge in [-0.05, 0) is 43.4 Å². The first-order chi connectivity index (χ1) is 9.21. The maximum absolute atomic E-state index is 12.6. The Morgan fingerprint density at radius 3 is 2.26 bits per heavy atom. The molecule has 0 radical (unpaired) electrons. The van der Waals surface area contributed by atoms with Crippen molar-refractivity contribution in [3.8, 4) is 0 Å². The highest BCUT2D eigenvalue weighted by Gasteiger charge is 2.46. The lowest BCUT2D eigenvalue weighted by molar-refractivity contribution is -0.130. The number of carbonyl (C=O) groups is 1. The molecule has 1 N–H and O–H groups in total. The van der Waals surface area contributed by atoms with Crippen molar-refractivity contribution in [1.29, 1.82) is 0 Å². The van der Waals surface area contributed by atoms with Crippen LogP contribution in [0.3, 0.4) is 0 Å². The maximum Gasteiger partial charge on any atom is 0.230 e. The van der Waals surface area contributed by atoms with Crippen LogP contribution in [0.1, 0.15) is 50.5 Å². The van der Waals surface area contributed by atoms with Gasteiger partial charge < -0.3 is 5.32 Å². The summed E-state index contributed by atoms with van der Waals surface area (Å²) in [6.07, 6.45) is 7.85. The molecule has 1 aromatic carbocycles. The molecular weight excluding hydrogens is 258 g/mol. The van der Waals surface area contributed by atoms with E-state index in [0.717, 1.165) is 42.7 Å². The minimum absolute atomic E-state index is 0.230. The van der Waals surface area contributed by atoms with E-state index in [-0.39, 0.29) is 11.3 Å². The lowest BCUT2D eigenvalue weighted by atomic mass is 9.63. The minimum atomic E-state index is -0.285. The standard InChI is InChI=1S/C16H20ClNO/c17-13-8-6-12(7-9-13)16(10-3-11-16)15(19)18-14-4-1-2-5-14/h6-9,14H,1-5,10-11H2,(H,18,19). The van der Waals surface area contributed by atoms with Crippen molar-refractivity contribution in [1.82, 2.24) is 5.32 Å². The van der Waals surface area contributed by atoms with Gasteiger partial charge >= 0.3 is 0 Å². The van der Waals surface area contributed by atoms with Gasteiger partial charge in [0, 0.05) is 11.1 Å². The van der Waals surface area contributed by atoms with Crippen molar-refractivity contribution in [3.05, 3.63) is 34.9 Å².